The van der Waals surface area contributed by atoms with Crippen LogP contribution in [0.4, 0.5) is 5.82 Å². The molecule has 0 aliphatic heterocycles. The third kappa shape index (κ3) is 2.83. The highest BCUT2D eigenvalue weighted by atomic mass is 16.5. The van der Waals surface area contributed by atoms with Gasteiger partial charge in [0.25, 0.3) is 0 Å². The van der Waals surface area contributed by atoms with Crippen molar-refractivity contribution in [1.82, 2.24) is 9.55 Å². The third-order valence-electron chi connectivity index (χ3n) is 3.76. The Morgan fingerprint density at radius 2 is 2.22 bits per heavy atom. The number of anilines is 1. The first-order valence-electron chi connectivity index (χ1n) is 6.61. The highest BCUT2D eigenvalue weighted by molar-refractivity contribution is 5.91. The fourth-order valence-electron chi connectivity index (χ4n) is 2.62. The molecule has 0 radical (unpaired) electrons. The molecule has 5 heteroatoms. The topological polar surface area (TPSA) is 70.1 Å². The monoisotopic (exact) mass is 251 g/mol. The number of aryl methyl sites for hydroxylation is 1. The summed E-state index contributed by atoms with van der Waals surface area (Å²) in [7, 11) is 1.34. The molecule has 0 bridgehead atoms. The van der Waals surface area contributed by atoms with Crippen molar-refractivity contribution in [2.75, 3.05) is 12.8 Å². The number of hydrogen-bond acceptors (Lipinski definition) is 4. The number of ether oxygens (including phenoxy) is 1. The highest BCUT2D eigenvalue weighted by Gasteiger charge is 2.18. The lowest BCUT2D eigenvalue weighted by atomic mass is 9.87. The van der Waals surface area contributed by atoms with Crippen LogP contribution in [0, 0.1) is 5.92 Å². The molecule has 0 amide bonds. The standard InChI is InChI=1S/C13H21N3O2/c1-18-13(17)11-12(14)16(9-15-11)8-7-10-5-3-2-4-6-10/h9-10H,2-8,14H2,1H3. The maximum Gasteiger partial charge on any atom is 0.360 e. The maximum absolute atomic E-state index is 11.4. The summed E-state index contributed by atoms with van der Waals surface area (Å²) < 4.78 is 6.48. The Morgan fingerprint density at radius 1 is 1.50 bits per heavy atom. The van der Waals surface area contributed by atoms with Gasteiger partial charge in [-0.3, -0.25) is 0 Å². The molecule has 0 unspecified atom stereocenters. The third-order valence-corrected chi connectivity index (χ3v) is 3.76. The lowest BCUT2D eigenvalue weighted by molar-refractivity contribution is 0.0596. The zero-order valence-corrected chi connectivity index (χ0v) is 10.9. The summed E-state index contributed by atoms with van der Waals surface area (Å²) in [5, 5.41) is 0. The lowest BCUT2D eigenvalue weighted by Crippen LogP contribution is -2.12. The van der Waals surface area contributed by atoms with E-state index in [4.69, 9.17) is 5.73 Å². The number of nitrogen functional groups attached to an aromatic ring is 1. The molecule has 2 rings (SSSR count). The van der Waals surface area contributed by atoms with E-state index in [9.17, 15) is 4.79 Å². The molecule has 5 nitrogen and oxygen atoms in total. The fraction of sp³-hybridized carbons (Fsp3) is 0.692. The van der Waals surface area contributed by atoms with Crippen LogP contribution < -0.4 is 5.73 Å². The van der Waals surface area contributed by atoms with Crippen molar-refractivity contribution in [2.24, 2.45) is 5.92 Å². The SMILES string of the molecule is COC(=O)c1ncn(CCC2CCCCC2)c1N. The molecular formula is C13H21N3O2. The van der Waals surface area contributed by atoms with Crippen molar-refractivity contribution in [3.05, 3.63) is 12.0 Å². The van der Waals surface area contributed by atoms with Gasteiger partial charge in [0.15, 0.2) is 5.69 Å². The molecule has 1 saturated carbocycles. The minimum atomic E-state index is -0.469. The van der Waals surface area contributed by atoms with Gasteiger partial charge >= 0.3 is 5.97 Å². The van der Waals surface area contributed by atoms with Crippen molar-refractivity contribution in [1.29, 1.82) is 0 Å². The molecule has 1 aliphatic rings. The van der Waals surface area contributed by atoms with Crippen LogP contribution >= 0.6 is 0 Å². The van der Waals surface area contributed by atoms with Crippen LogP contribution in [0.1, 0.15) is 49.0 Å². The predicted molar refractivity (Wildman–Crippen MR) is 69.2 cm³/mol. The number of nitrogens with zero attached hydrogens (tertiary/aromatic N) is 2. The Kier molecular flexibility index (Phi) is 4.23. The van der Waals surface area contributed by atoms with E-state index in [1.165, 1.54) is 39.2 Å². The summed E-state index contributed by atoms with van der Waals surface area (Å²) in [5.41, 5.74) is 6.12. The molecule has 18 heavy (non-hydrogen) atoms. The van der Waals surface area contributed by atoms with E-state index in [2.05, 4.69) is 9.72 Å². The molecule has 1 heterocycles. The second-order valence-electron chi connectivity index (χ2n) is 4.96. The molecular weight excluding hydrogens is 230 g/mol. The first kappa shape index (κ1) is 12.9. The number of methoxy groups -OCH3 is 1. The molecule has 0 saturated heterocycles. The van der Waals surface area contributed by atoms with Crippen LogP contribution in [0.15, 0.2) is 6.33 Å². The van der Waals surface area contributed by atoms with E-state index in [1.54, 1.807) is 6.33 Å². The minimum Gasteiger partial charge on any atom is -0.464 e. The van der Waals surface area contributed by atoms with Crippen molar-refractivity contribution >= 4 is 11.8 Å². The van der Waals surface area contributed by atoms with Gasteiger partial charge in [-0.15, -0.1) is 0 Å². The molecule has 1 aromatic heterocycles. The Labute approximate surface area is 107 Å². The van der Waals surface area contributed by atoms with Gasteiger partial charge in [0.1, 0.15) is 5.82 Å². The summed E-state index contributed by atoms with van der Waals surface area (Å²) in [4.78, 5) is 15.4. The van der Waals surface area contributed by atoms with E-state index in [0.29, 0.717) is 5.82 Å². The Hall–Kier alpha value is -1.52. The van der Waals surface area contributed by atoms with Gasteiger partial charge in [-0.1, -0.05) is 32.1 Å². The van der Waals surface area contributed by atoms with E-state index in [-0.39, 0.29) is 5.69 Å². The van der Waals surface area contributed by atoms with Crippen LogP contribution in [0.5, 0.6) is 0 Å². The Bertz CT molecular complexity index is 408. The molecule has 0 atom stereocenters. The second kappa shape index (κ2) is 5.89. The van der Waals surface area contributed by atoms with Crippen LogP contribution in [-0.4, -0.2) is 22.6 Å². The number of imidazole rings is 1. The summed E-state index contributed by atoms with van der Waals surface area (Å²) in [5.74, 6) is 0.740. The number of esters is 1. The molecule has 0 aromatic carbocycles. The Morgan fingerprint density at radius 3 is 2.89 bits per heavy atom. The molecule has 0 spiro atoms. The normalized spacial score (nSPS) is 16.7. The average molecular weight is 251 g/mol. The largest absolute Gasteiger partial charge is 0.464 e. The summed E-state index contributed by atoms with van der Waals surface area (Å²) in [6, 6.07) is 0. The van der Waals surface area contributed by atoms with Crippen molar-refractivity contribution in [2.45, 2.75) is 45.1 Å². The average Bonchev–Trinajstić information content (AvgIpc) is 2.78. The maximum atomic E-state index is 11.4. The molecule has 1 aromatic rings. The van der Waals surface area contributed by atoms with E-state index < -0.39 is 5.97 Å². The number of aromatic nitrogens is 2. The van der Waals surface area contributed by atoms with Crippen LogP contribution in [0.25, 0.3) is 0 Å². The number of carbonyl (C=O) groups excluding carboxylic acids is 1. The molecule has 100 valence electrons. The minimum absolute atomic E-state index is 0.223. The zero-order chi connectivity index (χ0) is 13.0. The van der Waals surface area contributed by atoms with Gasteiger partial charge in [0.05, 0.1) is 13.4 Å². The number of hydrogen-bond donors (Lipinski definition) is 1. The van der Waals surface area contributed by atoms with Gasteiger partial charge in [-0.05, 0) is 12.3 Å². The van der Waals surface area contributed by atoms with Crippen LogP contribution in [-0.2, 0) is 11.3 Å². The second-order valence-corrected chi connectivity index (χ2v) is 4.96. The predicted octanol–water partition coefficient (Wildman–Crippen LogP) is 2.22. The van der Waals surface area contributed by atoms with Crippen molar-refractivity contribution < 1.29 is 9.53 Å². The number of carbonyl (C=O) groups is 1. The number of rotatable bonds is 4. The van der Waals surface area contributed by atoms with Crippen LogP contribution in [0.2, 0.25) is 0 Å². The van der Waals surface area contributed by atoms with Gasteiger partial charge in [-0.2, -0.15) is 0 Å². The molecule has 1 aliphatic carbocycles. The summed E-state index contributed by atoms with van der Waals surface area (Å²) in [6.07, 6.45) is 9.44. The molecule has 2 N–H and O–H groups in total. The Balaban J connectivity index is 1.93. The zero-order valence-electron chi connectivity index (χ0n) is 10.9. The first-order valence-corrected chi connectivity index (χ1v) is 6.61. The van der Waals surface area contributed by atoms with E-state index in [1.807, 2.05) is 4.57 Å². The van der Waals surface area contributed by atoms with Crippen molar-refractivity contribution in [3.63, 3.8) is 0 Å². The quantitative estimate of drug-likeness (QED) is 0.833. The van der Waals surface area contributed by atoms with Crippen LogP contribution in [0.3, 0.4) is 0 Å². The van der Waals surface area contributed by atoms with E-state index >= 15 is 0 Å². The van der Waals surface area contributed by atoms with Gasteiger partial charge in [0.2, 0.25) is 0 Å². The number of nitrogens with two attached hydrogens (primary N) is 1. The lowest BCUT2D eigenvalue weighted by Gasteiger charge is -2.21. The van der Waals surface area contributed by atoms with Gasteiger partial charge in [-0.25, -0.2) is 9.78 Å². The van der Waals surface area contributed by atoms with E-state index in [0.717, 1.165) is 18.9 Å². The van der Waals surface area contributed by atoms with Gasteiger partial charge in [0, 0.05) is 6.54 Å². The smallest absolute Gasteiger partial charge is 0.360 e. The first-order chi connectivity index (χ1) is 8.72. The molecule has 1 fully saturated rings. The summed E-state index contributed by atoms with van der Waals surface area (Å²) >= 11 is 0. The summed E-state index contributed by atoms with van der Waals surface area (Å²) in [6.45, 7) is 0.834. The fourth-order valence-corrected chi connectivity index (χ4v) is 2.62. The highest BCUT2D eigenvalue weighted by Crippen LogP contribution is 2.27. The van der Waals surface area contributed by atoms with Gasteiger partial charge < -0.3 is 15.0 Å². The van der Waals surface area contributed by atoms with Crippen molar-refractivity contribution in [3.8, 4) is 0 Å².